The monoisotopic (exact) mass is 303 g/mol. The van der Waals surface area contributed by atoms with Crippen molar-refractivity contribution in [3.63, 3.8) is 0 Å². The lowest BCUT2D eigenvalue weighted by atomic mass is 10.2. The Labute approximate surface area is 131 Å². The fourth-order valence-electron chi connectivity index (χ4n) is 2.20. The molecule has 1 aromatic carbocycles. The molecule has 0 radical (unpaired) electrons. The summed E-state index contributed by atoms with van der Waals surface area (Å²) in [4.78, 5) is 19.0. The predicted molar refractivity (Wildman–Crippen MR) is 89.2 cm³/mol. The zero-order valence-electron chi connectivity index (χ0n) is 13.6. The minimum Gasteiger partial charge on any atom is -0.494 e. The minimum atomic E-state index is 0.172. The second-order valence-corrected chi connectivity index (χ2v) is 5.80. The Bertz CT molecular complexity index is 607. The van der Waals surface area contributed by atoms with Crippen LogP contribution in [0, 0.1) is 0 Å². The second-order valence-electron chi connectivity index (χ2n) is 5.80. The predicted octanol–water partition coefficient (Wildman–Crippen LogP) is 2.35. The summed E-state index contributed by atoms with van der Waals surface area (Å²) in [5.74, 6) is 1.01. The second kappa shape index (κ2) is 7.84. The third kappa shape index (κ3) is 4.77. The van der Waals surface area contributed by atoms with Crippen LogP contribution in [0.1, 0.15) is 12.8 Å². The Morgan fingerprint density at radius 1 is 1.18 bits per heavy atom. The van der Waals surface area contributed by atoms with Gasteiger partial charge >= 0.3 is 0 Å². The smallest absolute Gasteiger partial charge is 0.222 e. The van der Waals surface area contributed by atoms with Crippen LogP contribution in [0.25, 0.3) is 10.9 Å². The highest BCUT2D eigenvalue weighted by Gasteiger charge is 2.08. The van der Waals surface area contributed by atoms with Crippen LogP contribution in [0.5, 0.6) is 5.75 Å². The zero-order chi connectivity index (χ0) is 15.9. The molecular weight excluding hydrogens is 278 g/mol. The topological polar surface area (TPSA) is 48.6 Å². The summed E-state index contributed by atoms with van der Waals surface area (Å²) in [7, 11) is 5.87. The summed E-state index contributed by atoms with van der Waals surface area (Å²) in [5.41, 5.74) is 1.07. The van der Waals surface area contributed by atoms with Crippen LogP contribution < -0.4 is 4.74 Å². The molecule has 1 aromatic heterocycles. The van der Waals surface area contributed by atoms with E-state index in [9.17, 15) is 4.79 Å². The van der Waals surface area contributed by atoms with Gasteiger partial charge in [0.1, 0.15) is 5.75 Å². The van der Waals surface area contributed by atoms with Crippen LogP contribution >= 0.6 is 0 Å². The van der Waals surface area contributed by atoms with Crippen molar-refractivity contribution in [3.8, 4) is 5.75 Å². The van der Waals surface area contributed by atoms with E-state index >= 15 is 0 Å². The van der Waals surface area contributed by atoms with Gasteiger partial charge in [-0.05, 0) is 44.1 Å². The number of aromatic nitrogens is 1. The molecule has 2 aromatic rings. The number of carbonyl (C=O) groups is 1. The molecule has 0 spiro atoms. The molecule has 2 rings (SSSR count). The van der Waals surface area contributed by atoms with Gasteiger partial charge in [-0.15, -0.1) is 0 Å². The van der Waals surface area contributed by atoms with Crippen LogP contribution in [0.4, 0.5) is 0 Å². The maximum Gasteiger partial charge on any atom is 0.222 e. The highest BCUT2D eigenvalue weighted by Crippen LogP contribution is 2.19. The highest BCUT2D eigenvalue weighted by molar-refractivity contribution is 5.80. The number of aromatic amines is 1. The average molecular weight is 303 g/mol. The molecule has 0 fully saturated rings. The third-order valence-electron chi connectivity index (χ3n) is 3.64. The van der Waals surface area contributed by atoms with Crippen molar-refractivity contribution in [2.75, 3.05) is 40.8 Å². The minimum absolute atomic E-state index is 0.172. The number of benzene rings is 1. The van der Waals surface area contributed by atoms with Gasteiger partial charge < -0.3 is 19.5 Å². The van der Waals surface area contributed by atoms with Gasteiger partial charge in [0.05, 0.1) is 6.61 Å². The lowest BCUT2D eigenvalue weighted by Crippen LogP contribution is -2.33. The van der Waals surface area contributed by atoms with Gasteiger partial charge in [-0.3, -0.25) is 4.79 Å². The first-order chi connectivity index (χ1) is 10.6. The number of likely N-dealkylation sites (N-methyl/N-ethyl adjacent to an activating group) is 2. The van der Waals surface area contributed by atoms with Crippen molar-refractivity contribution in [2.45, 2.75) is 12.8 Å². The van der Waals surface area contributed by atoms with Crippen LogP contribution in [-0.2, 0) is 4.79 Å². The van der Waals surface area contributed by atoms with Gasteiger partial charge in [0.25, 0.3) is 0 Å². The molecule has 120 valence electrons. The molecule has 0 aliphatic rings. The van der Waals surface area contributed by atoms with Gasteiger partial charge in [0.15, 0.2) is 0 Å². The Morgan fingerprint density at radius 3 is 2.77 bits per heavy atom. The quantitative estimate of drug-likeness (QED) is 0.762. The first kappa shape index (κ1) is 16.4. The van der Waals surface area contributed by atoms with E-state index in [1.165, 1.54) is 5.39 Å². The van der Waals surface area contributed by atoms with Crippen molar-refractivity contribution in [3.05, 3.63) is 30.5 Å². The Kier molecular flexibility index (Phi) is 5.83. The summed E-state index contributed by atoms with van der Waals surface area (Å²) in [6.07, 6.45) is 3.17. The molecule has 0 unspecified atom stereocenters. The summed E-state index contributed by atoms with van der Waals surface area (Å²) >= 11 is 0. The van der Waals surface area contributed by atoms with Crippen molar-refractivity contribution in [1.29, 1.82) is 0 Å². The van der Waals surface area contributed by atoms with Crippen molar-refractivity contribution in [1.82, 2.24) is 14.8 Å². The zero-order valence-corrected chi connectivity index (χ0v) is 13.6. The summed E-state index contributed by atoms with van der Waals surface area (Å²) in [6.45, 7) is 2.20. The maximum atomic E-state index is 12.0. The van der Waals surface area contributed by atoms with Crippen LogP contribution in [0.15, 0.2) is 30.5 Å². The van der Waals surface area contributed by atoms with E-state index in [1.54, 1.807) is 4.90 Å². The van der Waals surface area contributed by atoms with E-state index in [1.807, 2.05) is 51.6 Å². The van der Waals surface area contributed by atoms with Crippen LogP contribution in [-0.4, -0.2) is 61.5 Å². The van der Waals surface area contributed by atoms with E-state index in [2.05, 4.69) is 9.88 Å². The number of H-pyrrole nitrogens is 1. The number of carbonyl (C=O) groups excluding carboxylic acids is 1. The summed E-state index contributed by atoms with van der Waals surface area (Å²) < 4.78 is 5.71. The number of ether oxygens (including phenoxy) is 1. The number of fused-ring (bicyclic) bond motifs is 1. The number of rotatable bonds is 8. The van der Waals surface area contributed by atoms with Gasteiger partial charge in [0.2, 0.25) is 5.91 Å². The fraction of sp³-hybridized carbons (Fsp3) is 0.471. The molecule has 0 bridgehead atoms. The van der Waals surface area contributed by atoms with Crippen molar-refractivity contribution < 1.29 is 9.53 Å². The first-order valence-corrected chi connectivity index (χ1v) is 7.65. The number of amides is 1. The van der Waals surface area contributed by atoms with Gasteiger partial charge in [0, 0.05) is 44.3 Å². The van der Waals surface area contributed by atoms with E-state index in [-0.39, 0.29) is 5.91 Å². The lowest BCUT2D eigenvalue weighted by molar-refractivity contribution is -0.130. The SMILES string of the molecule is CN(C)CCN(C)C(=O)CCCOc1ccc2cc[nH]c2c1. The summed E-state index contributed by atoms with van der Waals surface area (Å²) in [5, 5.41) is 1.17. The number of hydrogen-bond acceptors (Lipinski definition) is 3. The first-order valence-electron chi connectivity index (χ1n) is 7.65. The Morgan fingerprint density at radius 2 is 2.00 bits per heavy atom. The Hall–Kier alpha value is -2.01. The molecule has 1 heterocycles. The summed E-state index contributed by atoms with van der Waals surface area (Å²) in [6, 6.07) is 8.00. The molecule has 0 atom stereocenters. The van der Waals surface area contributed by atoms with Gasteiger partial charge in [-0.1, -0.05) is 0 Å². The number of nitrogens with zero attached hydrogens (tertiary/aromatic N) is 2. The molecule has 0 saturated carbocycles. The molecule has 0 aliphatic carbocycles. The van der Waals surface area contributed by atoms with E-state index < -0.39 is 0 Å². The van der Waals surface area contributed by atoms with Crippen molar-refractivity contribution in [2.24, 2.45) is 0 Å². The van der Waals surface area contributed by atoms with Gasteiger partial charge in [-0.25, -0.2) is 0 Å². The number of nitrogens with one attached hydrogen (secondary N) is 1. The molecule has 0 saturated heterocycles. The standard InChI is InChI=1S/C17H25N3O2/c1-19(2)10-11-20(3)17(21)5-4-12-22-15-7-6-14-8-9-18-16(14)13-15/h6-9,13,18H,4-5,10-12H2,1-3H3. The Balaban J connectivity index is 1.68. The van der Waals surface area contributed by atoms with Gasteiger partial charge in [-0.2, -0.15) is 0 Å². The molecule has 1 N–H and O–H groups in total. The fourth-order valence-corrected chi connectivity index (χ4v) is 2.20. The van der Waals surface area contributed by atoms with E-state index in [4.69, 9.17) is 4.74 Å². The molecule has 1 amide bonds. The molecule has 5 nitrogen and oxygen atoms in total. The van der Waals surface area contributed by atoms with E-state index in [0.717, 1.165) is 30.8 Å². The molecule has 0 aliphatic heterocycles. The third-order valence-corrected chi connectivity index (χ3v) is 3.64. The largest absolute Gasteiger partial charge is 0.494 e. The van der Waals surface area contributed by atoms with Crippen LogP contribution in [0.2, 0.25) is 0 Å². The maximum absolute atomic E-state index is 12.0. The molecule has 5 heteroatoms. The number of hydrogen-bond donors (Lipinski definition) is 1. The lowest BCUT2D eigenvalue weighted by Gasteiger charge is -2.19. The van der Waals surface area contributed by atoms with E-state index in [0.29, 0.717) is 13.0 Å². The van der Waals surface area contributed by atoms with Crippen molar-refractivity contribution >= 4 is 16.8 Å². The molecule has 22 heavy (non-hydrogen) atoms. The average Bonchev–Trinajstić information content (AvgIpc) is 2.96. The highest BCUT2D eigenvalue weighted by atomic mass is 16.5. The van der Waals surface area contributed by atoms with Crippen LogP contribution in [0.3, 0.4) is 0 Å². The normalized spacial score (nSPS) is 11.1. The molecular formula is C17H25N3O2.